The van der Waals surface area contributed by atoms with Gasteiger partial charge < -0.3 is 9.47 Å². The van der Waals surface area contributed by atoms with Crippen molar-refractivity contribution in [2.45, 2.75) is 6.61 Å². The Morgan fingerprint density at radius 3 is 2.65 bits per heavy atom. The molecule has 0 N–H and O–H groups in total. The van der Waals surface area contributed by atoms with Crippen LogP contribution in [0.15, 0.2) is 66.7 Å². The number of para-hydroxylation sites is 1. The van der Waals surface area contributed by atoms with Crippen LogP contribution in [0.25, 0.3) is 6.08 Å². The van der Waals surface area contributed by atoms with E-state index in [4.69, 9.17) is 21.1 Å². The normalized spacial score (nSPS) is 10.8. The zero-order valence-electron chi connectivity index (χ0n) is 16.4. The van der Waals surface area contributed by atoms with Crippen LogP contribution >= 0.6 is 11.6 Å². The number of nitro benzene ring substituents is 1. The van der Waals surface area contributed by atoms with Gasteiger partial charge in [-0.1, -0.05) is 35.9 Å². The number of benzene rings is 3. The van der Waals surface area contributed by atoms with E-state index >= 15 is 0 Å². The van der Waals surface area contributed by atoms with Crippen LogP contribution in [0.5, 0.6) is 11.5 Å². The van der Waals surface area contributed by atoms with Crippen molar-refractivity contribution in [1.29, 1.82) is 0 Å². The summed E-state index contributed by atoms with van der Waals surface area (Å²) in [5.74, 6) is -0.0692. The number of nitro groups is 1. The van der Waals surface area contributed by atoms with Gasteiger partial charge in [-0.25, -0.2) is 4.39 Å². The highest BCUT2D eigenvalue weighted by Crippen LogP contribution is 2.26. The summed E-state index contributed by atoms with van der Waals surface area (Å²) in [6.45, 7) is 0.116. The third-order valence-corrected chi connectivity index (χ3v) is 4.67. The Hall–Kier alpha value is -3.71. The fraction of sp³-hybridized carbons (Fsp3) is 0.0870. The Balaban J connectivity index is 1.79. The number of nitrogens with zero attached hydrogens (tertiary/aromatic N) is 1. The molecular weight excluding hydrogens is 425 g/mol. The van der Waals surface area contributed by atoms with Crippen molar-refractivity contribution in [2.24, 2.45) is 0 Å². The number of hydrogen-bond acceptors (Lipinski definition) is 5. The molecule has 0 radical (unpaired) electrons. The molecule has 0 aliphatic rings. The molecule has 6 nitrogen and oxygen atoms in total. The molecule has 0 saturated carbocycles. The van der Waals surface area contributed by atoms with Gasteiger partial charge in [0.2, 0.25) is 0 Å². The van der Waals surface area contributed by atoms with E-state index in [1.807, 2.05) is 0 Å². The first-order valence-electron chi connectivity index (χ1n) is 9.09. The number of allylic oxidation sites excluding steroid dienone is 1. The molecule has 3 aromatic carbocycles. The van der Waals surface area contributed by atoms with Crippen LogP contribution < -0.4 is 9.47 Å². The highest BCUT2D eigenvalue weighted by Gasteiger charge is 2.17. The quantitative estimate of drug-likeness (QED) is 0.189. The zero-order chi connectivity index (χ0) is 22.4. The Morgan fingerprint density at radius 2 is 1.94 bits per heavy atom. The van der Waals surface area contributed by atoms with Crippen LogP contribution in [0.2, 0.25) is 5.02 Å². The lowest BCUT2D eigenvalue weighted by molar-refractivity contribution is -0.385. The molecule has 0 aliphatic heterocycles. The summed E-state index contributed by atoms with van der Waals surface area (Å²) < 4.78 is 24.3. The van der Waals surface area contributed by atoms with Crippen LogP contribution in [-0.2, 0) is 6.61 Å². The second-order valence-corrected chi connectivity index (χ2v) is 6.81. The average molecular weight is 442 g/mol. The van der Waals surface area contributed by atoms with Crippen molar-refractivity contribution < 1.29 is 23.6 Å². The van der Waals surface area contributed by atoms with E-state index in [0.717, 1.165) is 0 Å². The Morgan fingerprint density at radius 1 is 1.16 bits per heavy atom. The fourth-order valence-corrected chi connectivity index (χ4v) is 3.02. The molecule has 0 aromatic heterocycles. The molecule has 0 unspecified atom stereocenters. The van der Waals surface area contributed by atoms with Gasteiger partial charge >= 0.3 is 0 Å². The largest absolute Gasteiger partial charge is 0.496 e. The van der Waals surface area contributed by atoms with E-state index in [2.05, 4.69) is 0 Å². The van der Waals surface area contributed by atoms with Crippen LogP contribution in [0, 0.1) is 15.9 Å². The summed E-state index contributed by atoms with van der Waals surface area (Å²) in [5, 5.41) is 11.1. The zero-order valence-corrected chi connectivity index (χ0v) is 17.1. The van der Waals surface area contributed by atoms with E-state index in [1.54, 1.807) is 30.3 Å². The number of ether oxygens (including phenoxy) is 2. The maximum Gasteiger partial charge on any atom is 0.280 e. The van der Waals surface area contributed by atoms with E-state index in [1.165, 1.54) is 49.6 Å². The first-order chi connectivity index (χ1) is 14.9. The second kappa shape index (κ2) is 9.86. The van der Waals surface area contributed by atoms with Gasteiger partial charge in [0.15, 0.2) is 5.78 Å². The first kappa shape index (κ1) is 22.0. The number of ketones is 1. The van der Waals surface area contributed by atoms with Gasteiger partial charge in [0.05, 0.1) is 22.6 Å². The van der Waals surface area contributed by atoms with Gasteiger partial charge in [0.1, 0.15) is 23.9 Å². The molecule has 0 atom stereocenters. The monoisotopic (exact) mass is 441 g/mol. The molecule has 31 heavy (non-hydrogen) atoms. The van der Waals surface area contributed by atoms with E-state index in [0.29, 0.717) is 22.6 Å². The summed E-state index contributed by atoms with van der Waals surface area (Å²) in [6.07, 6.45) is 2.82. The number of carbonyl (C=O) groups excluding carboxylic acids is 1. The number of carbonyl (C=O) groups is 1. The van der Waals surface area contributed by atoms with Gasteiger partial charge in [-0.15, -0.1) is 0 Å². The Kier molecular flexibility index (Phi) is 6.99. The maximum atomic E-state index is 13.3. The average Bonchev–Trinajstić information content (AvgIpc) is 2.78. The highest BCUT2D eigenvalue weighted by atomic mass is 35.5. The lowest BCUT2D eigenvalue weighted by Crippen LogP contribution is -2.01. The number of halogens is 2. The number of methoxy groups -OCH3 is 1. The third-order valence-electron chi connectivity index (χ3n) is 4.38. The minimum atomic E-state index is -0.592. The van der Waals surface area contributed by atoms with Gasteiger partial charge in [-0.3, -0.25) is 14.9 Å². The summed E-state index contributed by atoms with van der Waals surface area (Å²) >= 11 is 5.77. The minimum Gasteiger partial charge on any atom is -0.496 e. The summed E-state index contributed by atoms with van der Waals surface area (Å²) in [7, 11) is 1.52. The third kappa shape index (κ3) is 5.46. The number of rotatable bonds is 8. The van der Waals surface area contributed by atoms with Gasteiger partial charge in [-0.05, 0) is 42.0 Å². The second-order valence-electron chi connectivity index (χ2n) is 6.41. The van der Waals surface area contributed by atoms with Crippen LogP contribution in [-0.4, -0.2) is 17.8 Å². The van der Waals surface area contributed by atoms with Crippen molar-refractivity contribution in [3.63, 3.8) is 0 Å². The smallest absolute Gasteiger partial charge is 0.280 e. The van der Waals surface area contributed by atoms with E-state index in [-0.39, 0.29) is 22.9 Å². The van der Waals surface area contributed by atoms with Crippen LogP contribution in [0.4, 0.5) is 10.1 Å². The standard InChI is InChI=1S/C23H17ClFNO5/c1-30-23-11-7-15(6-10-22(27)18-4-2-3-5-21(18)26(28)29)12-16(23)14-31-17-8-9-20(25)19(24)13-17/h2-13H,14H2,1H3/b10-6+. The van der Waals surface area contributed by atoms with Crippen LogP contribution in [0.1, 0.15) is 21.5 Å². The van der Waals surface area contributed by atoms with E-state index in [9.17, 15) is 19.3 Å². The molecule has 8 heteroatoms. The van der Waals surface area contributed by atoms with Gasteiger partial charge in [0.25, 0.3) is 5.69 Å². The number of hydrogen-bond donors (Lipinski definition) is 0. The Bertz CT molecular complexity index is 1160. The van der Waals surface area contributed by atoms with Gasteiger partial charge in [-0.2, -0.15) is 0 Å². The maximum absolute atomic E-state index is 13.3. The molecule has 0 aliphatic carbocycles. The SMILES string of the molecule is COc1ccc(/C=C/C(=O)c2ccccc2[N+](=O)[O-])cc1COc1ccc(F)c(Cl)c1. The molecule has 0 saturated heterocycles. The summed E-state index contributed by atoms with van der Waals surface area (Å²) in [5.41, 5.74) is 1.11. The molecule has 0 fully saturated rings. The predicted molar refractivity (Wildman–Crippen MR) is 115 cm³/mol. The molecule has 158 valence electrons. The lowest BCUT2D eigenvalue weighted by Gasteiger charge is -2.11. The Labute approximate surface area is 182 Å². The minimum absolute atomic E-state index is 0.00834. The van der Waals surface area contributed by atoms with Gasteiger partial charge in [0, 0.05) is 17.7 Å². The van der Waals surface area contributed by atoms with Crippen molar-refractivity contribution in [1.82, 2.24) is 0 Å². The molecular formula is C23H17ClFNO5. The van der Waals surface area contributed by atoms with Crippen molar-refractivity contribution >= 4 is 29.1 Å². The van der Waals surface area contributed by atoms with Crippen LogP contribution in [0.3, 0.4) is 0 Å². The summed E-state index contributed by atoms with van der Waals surface area (Å²) in [4.78, 5) is 23.0. The predicted octanol–water partition coefficient (Wildman–Crippen LogP) is 5.87. The molecule has 0 amide bonds. The fourth-order valence-electron chi connectivity index (χ4n) is 2.85. The molecule has 0 spiro atoms. The molecule has 3 aromatic rings. The molecule has 3 rings (SSSR count). The van der Waals surface area contributed by atoms with Crippen molar-refractivity contribution in [3.05, 3.63) is 104 Å². The summed E-state index contributed by atoms with van der Waals surface area (Å²) in [6, 6.07) is 15.0. The lowest BCUT2D eigenvalue weighted by atomic mass is 10.1. The molecule has 0 bridgehead atoms. The van der Waals surface area contributed by atoms with Crippen molar-refractivity contribution in [3.8, 4) is 11.5 Å². The topological polar surface area (TPSA) is 78.7 Å². The van der Waals surface area contributed by atoms with E-state index < -0.39 is 16.5 Å². The highest BCUT2D eigenvalue weighted by molar-refractivity contribution is 6.30. The first-order valence-corrected chi connectivity index (χ1v) is 9.47. The molecule has 0 heterocycles. The van der Waals surface area contributed by atoms with Crippen molar-refractivity contribution in [2.75, 3.05) is 7.11 Å².